The molecule has 0 saturated heterocycles. The third-order valence-electron chi connectivity index (χ3n) is 3.60. The van der Waals surface area contributed by atoms with Gasteiger partial charge in [0.1, 0.15) is 23.4 Å². The highest BCUT2D eigenvalue weighted by Gasteiger charge is 2.14. The van der Waals surface area contributed by atoms with Crippen molar-refractivity contribution in [1.29, 1.82) is 0 Å². The van der Waals surface area contributed by atoms with Crippen LogP contribution in [0.5, 0.6) is 0 Å². The number of aromatic nitrogens is 1. The molecule has 0 aliphatic heterocycles. The summed E-state index contributed by atoms with van der Waals surface area (Å²) in [6.45, 7) is 2.84. The lowest BCUT2D eigenvalue weighted by atomic mass is 10.1. The monoisotopic (exact) mass is 378 g/mol. The van der Waals surface area contributed by atoms with Crippen LogP contribution in [0.2, 0.25) is 5.02 Å². The fourth-order valence-electron chi connectivity index (χ4n) is 2.17. The molecule has 0 radical (unpaired) electrons. The van der Waals surface area contributed by atoms with E-state index in [1.807, 2.05) is 25.9 Å². The number of likely N-dealkylation sites (N-methyl/N-ethyl adjacent to an activating group) is 1. The molecule has 138 valence electrons. The number of halogens is 2. The zero-order valence-electron chi connectivity index (χ0n) is 14.8. The number of carbonyl (C=O) groups excluding carboxylic acids is 1. The van der Waals surface area contributed by atoms with Crippen LogP contribution in [-0.2, 0) is 0 Å². The number of carbonyl (C=O) groups is 1. The van der Waals surface area contributed by atoms with Crippen LogP contribution in [0.15, 0.2) is 34.9 Å². The van der Waals surface area contributed by atoms with E-state index < -0.39 is 5.82 Å². The first-order valence-electron chi connectivity index (χ1n) is 7.92. The van der Waals surface area contributed by atoms with Gasteiger partial charge in [-0.25, -0.2) is 4.39 Å². The number of fused-ring (bicyclic) bond motifs is 1. The number of benzene rings is 1. The molecule has 3 rings (SSSR count). The Bertz CT molecular complexity index is 909. The number of aliphatic hydroxyl groups excluding tert-OH is 1. The second-order valence-electron chi connectivity index (χ2n) is 5.96. The molecule has 0 aliphatic rings. The summed E-state index contributed by atoms with van der Waals surface area (Å²) in [6.07, 6.45) is 2.23. The lowest BCUT2D eigenvalue weighted by Gasteiger charge is -2.03. The normalized spacial score (nSPS) is 10.7. The average molecular weight is 379 g/mol. The quantitative estimate of drug-likeness (QED) is 0.696. The van der Waals surface area contributed by atoms with Gasteiger partial charge >= 0.3 is 0 Å². The molecule has 7 heteroatoms. The van der Waals surface area contributed by atoms with Gasteiger partial charge in [-0.1, -0.05) is 17.7 Å². The second kappa shape index (κ2) is 8.89. The van der Waals surface area contributed by atoms with Gasteiger partial charge in [0, 0.05) is 24.4 Å². The van der Waals surface area contributed by atoms with Gasteiger partial charge in [0.05, 0.1) is 17.2 Å². The van der Waals surface area contributed by atoms with E-state index in [9.17, 15) is 9.18 Å². The van der Waals surface area contributed by atoms with Crippen LogP contribution >= 0.6 is 11.6 Å². The summed E-state index contributed by atoms with van der Waals surface area (Å²) in [6, 6.07) is 5.81. The molecule has 1 N–H and O–H groups in total. The first kappa shape index (κ1) is 20.0. The second-order valence-corrected chi connectivity index (χ2v) is 6.34. The van der Waals surface area contributed by atoms with E-state index in [2.05, 4.69) is 4.98 Å². The number of rotatable bonds is 4. The highest BCUT2D eigenvalue weighted by Crippen LogP contribution is 2.33. The summed E-state index contributed by atoms with van der Waals surface area (Å²) in [5.41, 5.74) is 2.32. The Hall–Kier alpha value is -2.28. The Morgan fingerprint density at radius 2 is 2.08 bits per heavy atom. The van der Waals surface area contributed by atoms with E-state index in [0.717, 1.165) is 18.2 Å². The van der Waals surface area contributed by atoms with Crippen molar-refractivity contribution >= 4 is 29.0 Å². The lowest BCUT2D eigenvalue weighted by molar-refractivity contribution is 0.112. The SMILES string of the molecule is CN(C)CCO.Cc1cnc2cc(-c3ccc(C=O)cc3F)oc2c1Cl. The van der Waals surface area contributed by atoms with E-state index in [4.69, 9.17) is 21.1 Å². The predicted molar refractivity (Wildman–Crippen MR) is 100 cm³/mol. The maximum absolute atomic E-state index is 14.0. The Morgan fingerprint density at radius 3 is 2.62 bits per heavy atom. The number of hydrogen-bond donors (Lipinski definition) is 1. The zero-order chi connectivity index (χ0) is 19.3. The maximum atomic E-state index is 14.0. The first-order valence-corrected chi connectivity index (χ1v) is 8.30. The van der Waals surface area contributed by atoms with Gasteiger partial charge in [0.25, 0.3) is 0 Å². The summed E-state index contributed by atoms with van der Waals surface area (Å²) in [4.78, 5) is 16.7. The van der Waals surface area contributed by atoms with Crippen molar-refractivity contribution in [1.82, 2.24) is 9.88 Å². The molecule has 3 aromatic rings. The van der Waals surface area contributed by atoms with Gasteiger partial charge < -0.3 is 14.4 Å². The number of pyridine rings is 1. The number of aliphatic hydroxyl groups is 1. The molecule has 0 aliphatic carbocycles. The van der Waals surface area contributed by atoms with E-state index in [-0.39, 0.29) is 17.7 Å². The maximum Gasteiger partial charge on any atom is 0.172 e. The fraction of sp³-hybridized carbons (Fsp3) is 0.263. The van der Waals surface area contributed by atoms with Gasteiger partial charge in [0.15, 0.2) is 5.58 Å². The number of hydrogen-bond acceptors (Lipinski definition) is 5. The van der Waals surface area contributed by atoms with E-state index in [1.54, 1.807) is 12.3 Å². The molecule has 0 amide bonds. The molecule has 0 unspecified atom stereocenters. The third-order valence-corrected chi connectivity index (χ3v) is 4.07. The van der Waals surface area contributed by atoms with Crippen LogP contribution in [-0.4, -0.2) is 48.5 Å². The van der Waals surface area contributed by atoms with E-state index in [1.165, 1.54) is 12.1 Å². The molecule has 5 nitrogen and oxygen atoms in total. The van der Waals surface area contributed by atoms with Crippen molar-refractivity contribution in [3.63, 3.8) is 0 Å². The lowest BCUT2D eigenvalue weighted by Crippen LogP contribution is -2.15. The van der Waals surface area contributed by atoms with E-state index >= 15 is 0 Å². The van der Waals surface area contributed by atoms with Gasteiger partial charge in [0.2, 0.25) is 0 Å². The summed E-state index contributed by atoms with van der Waals surface area (Å²) < 4.78 is 19.6. The summed E-state index contributed by atoms with van der Waals surface area (Å²) in [7, 11) is 3.85. The van der Waals surface area contributed by atoms with Crippen LogP contribution < -0.4 is 0 Å². The largest absolute Gasteiger partial charge is 0.453 e. The molecule has 0 saturated carbocycles. The number of aryl methyl sites for hydroxylation is 1. The topological polar surface area (TPSA) is 66.6 Å². The molecule has 2 aromatic heterocycles. The first-order chi connectivity index (χ1) is 12.4. The number of furan rings is 1. The summed E-state index contributed by atoms with van der Waals surface area (Å²) in [5, 5.41) is 8.66. The molecule has 26 heavy (non-hydrogen) atoms. The molecule has 0 spiro atoms. The Kier molecular flexibility index (Phi) is 6.85. The highest BCUT2D eigenvalue weighted by atomic mass is 35.5. The predicted octanol–water partition coefficient (Wildman–Crippen LogP) is 3.95. The van der Waals surface area contributed by atoms with Crippen LogP contribution in [0, 0.1) is 12.7 Å². The molecular formula is C19H20ClFN2O3. The van der Waals surface area contributed by atoms with Crippen molar-refractivity contribution in [2.75, 3.05) is 27.2 Å². The molecule has 2 heterocycles. The Morgan fingerprint density at radius 1 is 1.35 bits per heavy atom. The third kappa shape index (κ3) is 4.66. The van der Waals surface area contributed by atoms with Crippen LogP contribution in [0.4, 0.5) is 4.39 Å². The van der Waals surface area contributed by atoms with Gasteiger partial charge in [-0.05, 0) is 38.7 Å². The zero-order valence-corrected chi connectivity index (χ0v) is 15.5. The average Bonchev–Trinajstić information content (AvgIpc) is 3.03. The van der Waals surface area contributed by atoms with E-state index in [0.29, 0.717) is 28.2 Å². The fourth-order valence-corrected chi connectivity index (χ4v) is 2.36. The molecule has 0 fully saturated rings. The van der Waals surface area contributed by atoms with Crippen molar-refractivity contribution < 1.29 is 18.7 Å². The van der Waals surface area contributed by atoms with Crippen molar-refractivity contribution in [2.24, 2.45) is 0 Å². The van der Waals surface area contributed by atoms with Crippen molar-refractivity contribution in [3.8, 4) is 11.3 Å². The minimum atomic E-state index is -0.526. The molecule has 0 atom stereocenters. The number of nitrogens with zero attached hydrogens (tertiary/aromatic N) is 2. The molecular weight excluding hydrogens is 359 g/mol. The minimum Gasteiger partial charge on any atom is -0.453 e. The molecule has 1 aromatic carbocycles. The van der Waals surface area contributed by atoms with Crippen LogP contribution in [0.3, 0.4) is 0 Å². The number of aldehydes is 1. The van der Waals surface area contributed by atoms with Crippen LogP contribution in [0.1, 0.15) is 15.9 Å². The summed E-state index contributed by atoms with van der Waals surface area (Å²) in [5.74, 6) is -0.198. The highest BCUT2D eigenvalue weighted by molar-refractivity contribution is 6.35. The van der Waals surface area contributed by atoms with Crippen molar-refractivity contribution in [3.05, 3.63) is 52.4 Å². The smallest absolute Gasteiger partial charge is 0.172 e. The molecule has 0 bridgehead atoms. The van der Waals surface area contributed by atoms with Crippen molar-refractivity contribution in [2.45, 2.75) is 6.92 Å². The van der Waals surface area contributed by atoms with Gasteiger partial charge in [-0.3, -0.25) is 9.78 Å². The Balaban J connectivity index is 0.000000352. The van der Waals surface area contributed by atoms with Gasteiger partial charge in [-0.15, -0.1) is 0 Å². The van der Waals surface area contributed by atoms with Crippen LogP contribution in [0.25, 0.3) is 22.4 Å². The standard InChI is InChI=1S/C15H9ClFNO2.C4H11NO/c1-8-6-18-12-5-13(20-15(12)14(8)16)10-3-2-9(7-19)4-11(10)17;1-5(2)3-4-6/h2-7H,1H3;6H,3-4H2,1-2H3. The Labute approximate surface area is 156 Å². The van der Waals surface area contributed by atoms with Gasteiger partial charge in [-0.2, -0.15) is 0 Å². The summed E-state index contributed by atoms with van der Waals surface area (Å²) >= 11 is 6.14. The minimum absolute atomic E-state index is 0.257.